The summed E-state index contributed by atoms with van der Waals surface area (Å²) in [5.74, 6) is 0.729. The summed E-state index contributed by atoms with van der Waals surface area (Å²) in [4.78, 5) is 36.7. The number of urea groups is 1. The van der Waals surface area contributed by atoms with E-state index in [-0.39, 0.29) is 17.8 Å². The van der Waals surface area contributed by atoms with Gasteiger partial charge in [0.2, 0.25) is 5.76 Å². The van der Waals surface area contributed by atoms with Crippen molar-refractivity contribution in [3.05, 3.63) is 28.6 Å². The molecule has 32 heavy (non-hydrogen) atoms. The molecular weight excluding hydrogens is 410 g/mol. The van der Waals surface area contributed by atoms with Gasteiger partial charge in [0.05, 0.1) is 23.5 Å². The van der Waals surface area contributed by atoms with Crippen molar-refractivity contribution in [2.75, 3.05) is 25.5 Å². The van der Waals surface area contributed by atoms with Crippen LogP contribution >= 0.6 is 0 Å². The number of hydrogen-bond acceptors (Lipinski definition) is 6. The van der Waals surface area contributed by atoms with Gasteiger partial charge in [-0.05, 0) is 41.7 Å². The van der Waals surface area contributed by atoms with Gasteiger partial charge in [0.1, 0.15) is 0 Å². The van der Waals surface area contributed by atoms with Crippen molar-refractivity contribution in [3.63, 3.8) is 0 Å². The van der Waals surface area contributed by atoms with E-state index in [9.17, 15) is 9.59 Å². The monoisotopic (exact) mass is 443 g/mol. The lowest BCUT2D eigenvalue weighted by Gasteiger charge is -2.45. The molecule has 0 radical (unpaired) electrons. The van der Waals surface area contributed by atoms with Crippen LogP contribution in [0.2, 0.25) is 0 Å². The number of H-pyrrole nitrogens is 1. The molecule has 2 aromatic rings. The second kappa shape index (κ2) is 7.91. The Kier molecular flexibility index (Phi) is 5.52. The number of likely N-dealkylation sites (N-methyl/N-ethyl adjacent to an activating group) is 1. The first-order chi connectivity index (χ1) is 15.0. The number of rotatable bonds is 3. The zero-order chi connectivity index (χ0) is 23.4. The number of fused-ring (bicyclic) bond motifs is 1. The van der Waals surface area contributed by atoms with Crippen LogP contribution in [0.1, 0.15) is 68.0 Å². The molecular formula is C22H33N7O3. The average molecular weight is 444 g/mol. The van der Waals surface area contributed by atoms with Crippen LogP contribution in [0, 0.1) is 6.92 Å². The van der Waals surface area contributed by atoms with Gasteiger partial charge < -0.3 is 19.5 Å². The number of oxazole rings is 1. The van der Waals surface area contributed by atoms with Crippen LogP contribution in [0.4, 0.5) is 10.6 Å². The van der Waals surface area contributed by atoms with Gasteiger partial charge in [0, 0.05) is 37.2 Å². The Balaban J connectivity index is 1.55. The maximum absolute atomic E-state index is 13.6. The molecule has 0 saturated carbocycles. The van der Waals surface area contributed by atoms with Gasteiger partial charge in [-0.1, -0.05) is 6.92 Å². The fourth-order valence-electron chi connectivity index (χ4n) is 4.63. The number of anilines is 1. The predicted molar refractivity (Wildman–Crippen MR) is 119 cm³/mol. The quantitative estimate of drug-likeness (QED) is 0.755. The van der Waals surface area contributed by atoms with Crippen molar-refractivity contribution >= 4 is 17.8 Å². The van der Waals surface area contributed by atoms with E-state index in [4.69, 9.17) is 4.42 Å². The van der Waals surface area contributed by atoms with E-state index in [0.717, 1.165) is 17.8 Å². The van der Waals surface area contributed by atoms with Gasteiger partial charge in [-0.15, -0.1) is 0 Å². The van der Waals surface area contributed by atoms with Crippen LogP contribution < -0.4 is 5.32 Å². The van der Waals surface area contributed by atoms with Crippen molar-refractivity contribution in [3.8, 4) is 0 Å². The normalized spacial score (nSPS) is 22.8. The zero-order valence-corrected chi connectivity index (χ0v) is 19.9. The topological polar surface area (TPSA) is 111 Å². The van der Waals surface area contributed by atoms with Gasteiger partial charge in [-0.2, -0.15) is 5.10 Å². The minimum atomic E-state index is -0.577. The maximum atomic E-state index is 13.6. The standard InChI is InChI=1S/C22H33N7O3/c1-8-16-23-14(4)17(32-16)20(30)24-19-15-11-29(22(5,6)18(15)25-26-19)21(31)28-10-12(2)27(7)9-13(28)3/h12-13H,8-11H2,1-7H3,(H2,24,25,26,30)/t12-,13+/m1/s1. The summed E-state index contributed by atoms with van der Waals surface area (Å²) in [6, 6.07) is 0.425. The van der Waals surface area contributed by atoms with Crippen molar-refractivity contribution in [1.29, 1.82) is 0 Å². The predicted octanol–water partition coefficient (Wildman–Crippen LogP) is 2.72. The minimum Gasteiger partial charge on any atom is -0.435 e. The fraction of sp³-hybridized carbons (Fsp3) is 0.636. The Morgan fingerprint density at radius 2 is 1.97 bits per heavy atom. The SMILES string of the molecule is CCc1nc(C)c(C(=O)Nc2n[nH]c3c2CN(C(=O)N2C[C@@H](C)N(C)C[C@@H]2C)C3(C)C)o1. The van der Waals surface area contributed by atoms with Crippen molar-refractivity contribution in [2.45, 2.75) is 72.1 Å². The molecule has 4 heterocycles. The highest BCUT2D eigenvalue weighted by molar-refractivity contribution is 6.03. The molecule has 1 saturated heterocycles. The van der Waals surface area contributed by atoms with Gasteiger partial charge in [-0.25, -0.2) is 9.78 Å². The highest BCUT2D eigenvalue weighted by Crippen LogP contribution is 2.41. The number of aromatic nitrogens is 3. The second-order valence-electron chi connectivity index (χ2n) is 9.47. The van der Waals surface area contributed by atoms with E-state index in [1.165, 1.54) is 0 Å². The van der Waals surface area contributed by atoms with Crippen LogP contribution in [0.25, 0.3) is 0 Å². The average Bonchev–Trinajstić information content (AvgIpc) is 3.38. The lowest BCUT2D eigenvalue weighted by atomic mass is 10.0. The zero-order valence-electron chi connectivity index (χ0n) is 19.9. The number of amides is 3. The Labute approximate surface area is 188 Å². The molecule has 2 aliphatic rings. The Morgan fingerprint density at radius 3 is 2.62 bits per heavy atom. The number of piperazine rings is 1. The van der Waals surface area contributed by atoms with E-state index in [1.54, 1.807) is 6.92 Å². The molecule has 1 fully saturated rings. The molecule has 0 aromatic carbocycles. The summed E-state index contributed by atoms with van der Waals surface area (Å²) in [7, 11) is 2.09. The summed E-state index contributed by atoms with van der Waals surface area (Å²) in [6.07, 6.45) is 0.612. The van der Waals surface area contributed by atoms with Crippen molar-refractivity contribution in [2.24, 2.45) is 0 Å². The molecule has 3 amide bonds. The first kappa shape index (κ1) is 22.3. The van der Waals surface area contributed by atoms with Crippen LogP contribution in [0.5, 0.6) is 0 Å². The third-order valence-corrected chi connectivity index (χ3v) is 6.83. The number of nitrogens with zero attached hydrogens (tertiary/aromatic N) is 5. The lowest BCUT2D eigenvalue weighted by molar-refractivity contribution is 0.0457. The lowest BCUT2D eigenvalue weighted by Crippen LogP contribution is -2.60. The molecule has 4 rings (SSSR count). The summed E-state index contributed by atoms with van der Waals surface area (Å²) < 4.78 is 5.57. The molecule has 10 heteroatoms. The van der Waals surface area contributed by atoms with Gasteiger partial charge in [0.25, 0.3) is 5.91 Å². The first-order valence-corrected chi connectivity index (χ1v) is 11.2. The minimum absolute atomic E-state index is 0.00277. The molecule has 174 valence electrons. The first-order valence-electron chi connectivity index (χ1n) is 11.2. The van der Waals surface area contributed by atoms with E-state index in [2.05, 4.69) is 46.3 Å². The Morgan fingerprint density at radius 1 is 1.25 bits per heavy atom. The van der Waals surface area contributed by atoms with Crippen molar-refractivity contribution < 1.29 is 14.0 Å². The second-order valence-corrected chi connectivity index (χ2v) is 9.47. The molecule has 0 spiro atoms. The molecule has 2 N–H and O–H groups in total. The van der Waals surface area contributed by atoms with Crippen LogP contribution in [0.15, 0.2) is 4.42 Å². The van der Waals surface area contributed by atoms with Gasteiger partial charge in [0.15, 0.2) is 11.7 Å². The number of aromatic amines is 1. The maximum Gasteiger partial charge on any atom is 0.321 e. The number of nitrogens with one attached hydrogen (secondary N) is 2. The smallest absolute Gasteiger partial charge is 0.321 e. The Bertz CT molecular complexity index is 1040. The molecule has 2 aromatic heterocycles. The van der Waals surface area contributed by atoms with Gasteiger partial charge in [-0.3, -0.25) is 14.8 Å². The molecule has 0 unspecified atom stereocenters. The van der Waals surface area contributed by atoms with Crippen molar-refractivity contribution in [1.82, 2.24) is 29.9 Å². The van der Waals surface area contributed by atoms with E-state index in [0.29, 0.717) is 43.0 Å². The molecule has 10 nitrogen and oxygen atoms in total. The third kappa shape index (κ3) is 3.56. The van der Waals surface area contributed by atoms with E-state index >= 15 is 0 Å². The van der Waals surface area contributed by atoms with E-state index in [1.807, 2.05) is 30.6 Å². The fourth-order valence-corrected chi connectivity index (χ4v) is 4.63. The third-order valence-electron chi connectivity index (χ3n) is 6.83. The van der Waals surface area contributed by atoms with Gasteiger partial charge >= 0.3 is 6.03 Å². The summed E-state index contributed by atoms with van der Waals surface area (Å²) in [6.45, 7) is 13.8. The molecule has 0 bridgehead atoms. The highest BCUT2D eigenvalue weighted by Gasteiger charge is 2.46. The van der Waals surface area contributed by atoms with Crippen LogP contribution in [-0.4, -0.2) is 74.0 Å². The number of carbonyl (C=O) groups excluding carboxylic acids is 2. The number of aryl methyl sites for hydroxylation is 2. The summed E-state index contributed by atoms with van der Waals surface area (Å²) in [5, 5.41) is 10.2. The Hall–Kier alpha value is -2.88. The molecule has 0 aliphatic carbocycles. The molecule has 2 atom stereocenters. The summed E-state index contributed by atoms with van der Waals surface area (Å²) in [5.41, 5.74) is 1.62. The van der Waals surface area contributed by atoms with Crippen LogP contribution in [0.3, 0.4) is 0 Å². The highest BCUT2D eigenvalue weighted by atomic mass is 16.4. The molecule has 2 aliphatic heterocycles. The largest absolute Gasteiger partial charge is 0.435 e. The number of hydrogen-bond donors (Lipinski definition) is 2. The number of carbonyl (C=O) groups is 2. The summed E-state index contributed by atoms with van der Waals surface area (Å²) >= 11 is 0. The van der Waals surface area contributed by atoms with Crippen LogP contribution in [-0.2, 0) is 18.5 Å². The van der Waals surface area contributed by atoms with E-state index < -0.39 is 11.4 Å².